The lowest BCUT2D eigenvalue weighted by Crippen LogP contribution is -2.37. The van der Waals surface area contributed by atoms with E-state index in [1.807, 2.05) is 13.7 Å². The molecule has 0 aromatic rings. The highest BCUT2D eigenvalue weighted by Crippen LogP contribution is 2.51. The van der Waals surface area contributed by atoms with Gasteiger partial charge in [-0.3, -0.25) is 0 Å². The zero-order valence-electron chi connectivity index (χ0n) is 27.0. The van der Waals surface area contributed by atoms with Crippen LogP contribution in [0.25, 0.3) is 0 Å². The smallest absolute Gasteiger partial charge is 0.252 e. The standard InChI is InChI=1S/C16H25F2N.C12H24.C4H8.C2H5N.CH2O/c1-11(2)15(13-7-5-4-6-8-13)19-12(3)9-14-10-16(14,17)18;1-6-8-12(7-2)11(5)9-10(3)4;1-4-2-3-4;1-2-3;1-2/h13-15,19H,1,3-10H2,2H3;11-12H,3,6-9H2,1-2,4-5H3;4H,2-3H2,1H3;2H,1,3H2;1H2/t;11?,12-;;;/m.0.../s1. The summed E-state index contributed by atoms with van der Waals surface area (Å²) in [6.45, 7) is 30.5. The Morgan fingerprint density at radius 1 is 1.05 bits per heavy atom. The first kappa shape index (κ1) is 40.2. The molecule has 5 heteroatoms. The average molecular weight is 567 g/mol. The Bertz CT molecular complexity index is 710. The van der Waals surface area contributed by atoms with Crippen LogP contribution in [0.2, 0.25) is 0 Å². The molecule has 0 amide bonds. The Morgan fingerprint density at radius 3 is 1.85 bits per heavy atom. The summed E-state index contributed by atoms with van der Waals surface area (Å²) < 4.78 is 25.8. The minimum Gasteiger partial charge on any atom is -0.405 e. The summed E-state index contributed by atoms with van der Waals surface area (Å²) >= 11 is 0. The lowest BCUT2D eigenvalue weighted by atomic mass is 9.81. The molecule has 3 nitrogen and oxygen atoms in total. The lowest BCUT2D eigenvalue weighted by Gasteiger charge is -2.32. The number of nitrogens with two attached hydrogens (primary N) is 1. The SMILES string of the molecule is C=C(C)CC(C)[C@@H](CC)CCC.C=C(CC1CC1(F)F)NC(C(=C)C)C1CCCCC1.C=CN.C=O.CC1CC1. The molecule has 0 aromatic heterocycles. The summed E-state index contributed by atoms with van der Waals surface area (Å²) in [5.41, 5.74) is 7.79. The molecule has 0 aliphatic heterocycles. The van der Waals surface area contributed by atoms with E-state index in [1.165, 1.54) is 82.4 Å². The van der Waals surface area contributed by atoms with Crippen molar-refractivity contribution in [3.63, 3.8) is 0 Å². The summed E-state index contributed by atoms with van der Waals surface area (Å²) in [5, 5.41) is 3.37. The van der Waals surface area contributed by atoms with Crippen LogP contribution in [-0.2, 0) is 4.79 Å². The number of nitrogens with one attached hydrogen (secondary N) is 1. The van der Waals surface area contributed by atoms with Gasteiger partial charge in [0.2, 0.25) is 0 Å². The van der Waals surface area contributed by atoms with Crippen LogP contribution in [0, 0.1) is 29.6 Å². The lowest BCUT2D eigenvalue weighted by molar-refractivity contribution is -0.0980. The van der Waals surface area contributed by atoms with Crippen LogP contribution in [0.4, 0.5) is 8.78 Å². The summed E-state index contributed by atoms with van der Waals surface area (Å²) in [5.74, 6) is 0.459. The fourth-order valence-electron chi connectivity index (χ4n) is 5.32. The quantitative estimate of drug-likeness (QED) is 0.231. The first-order valence-corrected chi connectivity index (χ1v) is 15.6. The zero-order valence-corrected chi connectivity index (χ0v) is 27.0. The van der Waals surface area contributed by atoms with Gasteiger partial charge in [0.25, 0.3) is 5.92 Å². The van der Waals surface area contributed by atoms with Gasteiger partial charge < -0.3 is 15.8 Å². The minimum atomic E-state index is -2.45. The molecule has 0 saturated heterocycles. The molecule has 4 atom stereocenters. The zero-order chi connectivity index (χ0) is 31.3. The van der Waals surface area contributed by atoms with E-state index < -0.39 is 11.8 Å². The predicted molar refractivity (Wildman–Crippen MR) is 172 cm³/mol. The van der Waals surface area contributed by atoms with Crippen molar-refractivity contribution in [1.82, 2.24) is 5.32 Å². The van der Waals surface area contributed by atoms with Crippen molar-refractivity contribution in [3.05, 3.63) is 49.4 Å². The Balaban J connectivity index is 0. The van der Waals surface area contributed by atoms with Gasteiger partial charge in [-0.15, -0.1) is 6.58 Å². The second-order valence-electron chi connectivity index (χ2n) is 12.3. The Hall–Kier alpha value is -1.91. The molecule has 0 spiro atoms. The molecule has 0 radical (unpaired) electrons. The molecule has 3 unspecified atom stereocenters. The molecule has 0 aromatic carbocycles. The second-order valence-corrected chi connectivity index (χ2v) is 12.3. The van der Waals surface area contributed by atoms with E-state index in [1.54, 1.807) is 0 Å². The van der Waals surface area contributed by atoms with Crippen molar-refractivity contribution in [2.24, 2.45) is 35.3 Å². The van der Waals surface area contributed by atoms with Gasteiger partial charge in [0.15, 0.2) is 0 Å². The maximum Gasteiger partial charge on any atom is 0.252 e. The fraction of sp³-hybridized carbons (Fsp3) is 0.743. The van der Waals surface area contributed by atoms with E-state index in [9.17, 15) is 8.78 Å². The van der Waals surface area contributed by atoms with Crippen molar-refractivity contribution in [2.75, 3.05) is 0 Å². The monoisotopic (exact) mass is 566 g/mol. The third-order valence-electron chi connectivity index (χ3n) is 7.99. The number of allylic oxidation sites excluding steroid dienone is 2. The van der Waals surface area contributed by atoms with Gasteiger partial charge in [0, 0.05) is 24.1 Å². The van der Waals surface area contributed by atoms with Crippen LogP contribution in [0.5, 0.6) is 0 Å². The van der Waals surface area contributed by atoms with Crippen molar-refractivity contribution < 1.29 is 13.6 Å². The van der Waals surface area contributed by atoms with Gasteiger partial charge in [0.05, 0.1) is 0 Å². The molecular weight excluding hydrogens is 502 g/mol. The van der Waals surface area contributed by atoms with Crippen LogP contribution in [0.1, 0.15) is 125 Å². The third-order valence-corrected chi connectivity index (χ3v) is 7.99. The molecule has 3 fully saturated rings. The normalized spacial score (nSPS) is 20.9. The van der Waals surface area contributed by atoms with Gasteiger partial charge in [0.1, 0.15) is 6.79 Å². The number of hydrogen-bond acceptors (Lipinski definition) is 3. The molecule has 0 heterocycles. The van der Waals surface area contributed by atoms with E-state index in [-0.39, 0.29) is 12.5 Å². The number of halogens is 2. The summed E-state index contributed by atoms with van der Waals surface area (Å²) in [4.78, 5) is 8.00. The average Bonchev–Trinajstić information content (AvgIpc) is 3.81. The van der Waals surface area contributed by atoms with E-state index in [4.69, 9.17) is 4.79 Å². The summed E-state index contributed by atoms with van der Waals surface area (Å²) in [7, 11) is 0. The first-order valence-electron chi connectivity index (χ1n) is 15.6. The molecular formula is C35H64F2N2O. The summed E-state index contributed by atoms with van der Waals surface area (Å²) in [6, 6.07) is 0.208. The van der Waals surface area contributed by atoms with Crippen molar-refractivity contribution >= 4 is 6.79 Å². The number of alkyl halides is 2. The van der Waals surface area contributed by atoms with Gasteiger partial charge in [-0.05, 0) is 69.4 Å². The molecule has 0 bridgehead atoms. The van der Waals surface area contributed by atoms with Gasteiger partial charge in [-0.1, -0.05) is 110 Å². The van der Waals surface area contributed by atoms with E-state index in [0.717, 1.165) is 29.0 Å². The number of carbonyl (C=O) groups is 1. The fourth-order valence-corrected chi connectivity index (χ4v) is 5.32. The third kappa shape index (κ3) is 20.0. The predicted octanol–water partition coefficient (Wildman–Crippen LogP) is 10.4. The molecule has 3 N–H and O–H groups in total. The van der Waals surface area contributed by atoms with Gasteiger partial charge in [-0.2, -0.15) is 0 Å². The highest BCUT2D eigenvalue weighted by Gasteiger charge is 2.56. The van der Waals surface area contributed by atoms with Gasteiger partial charge >= 0.3 is 0 Å². The Kier molecular flexibility index (Phi) is 22.9. The molecule has 234 valence electrons. The van der Waals surface area contributed by atoms with Crippen molar-refractivity contribution in [2.45, 2.75) is 137 Å². The van der Waals surface area contributed by atoms with Gasteiger partial charge in [-0.25, -0.2) is 8.78 Å². The van der Waals surface area contributed by atoms with Crippen LogP contribution < -0.4 is 11.1 Å². The molecule has 3 saturated carbocycles. The number of carbonyl (C=O) groups excluding carboxylic acids is 1. The number of hydrogen-bond donors (Lipinski definition) is 2. The minimum absolute atomic E-state index is 0.0227. The van der Waals surface area contributed by atoms with Crippen LogP contribution >= 0.6 is 0 Å². The molecule has 3 aliphatic rings. The van der Waals surface area contributed by atoms with Crippen molar-refractivity contribution in [1.29, 1.82) is 0 Å². The van der Waals surface area contributed by atoms with Crippen LogP contribution in [0.3, 0.4) is 0 Å². The highest BCUT2D eigenvalue weighted by atomic mass is 19.3. The molecule has 3 aliphatic carbocycles. The largest absolute Gasteiger partial charge is 0.405 e. The molecule has 40 heavy (non-hydrogen) atoms. The van der Waals surface area contributed by atoms with E-state index in [0.29, 0.717) is 12.3 Å². The molecule has 3 rings (SSSR count). The topological polar surface area (TPSA) is 55.1 Å². The Morgan fingerprint density at radius 2 is 1.52 bits per heavy atom. The van der Waals surface area contributed by atoms with E-state index >= 15 is 0 Å². The Labute approximate surface area is 247 Å². The second kappa shape index (κ2) is 22.7. The number of rotatable bonds is 12. The maximum absolute atomic E-state index is 12.9. The van der Waals surface area contributed by atoms with Crippen LogP contribution in [-0.4, -0.2) is 18.8 Å². The first-order chi connectivity index (χ1) is 18.8. The highest BCUT2D eigenvalue weighted by molar-refractivity contribution is 5.12. The summed E-state index contributed by atoms with van der Waals surface area (Å²) in [6.07, 6.45) is 16.1. The van der Waals surface area contributed by atoms with Crippen LogP contribution in [0.15, 0.2) is 49.4 Å². The van der Waals surface area contributed by atoms with E-state index in [2.05, 4.69) is 72.0 Å². The maximum atomic E-state index is 12.9. The van der Waals surface area contributed by atoms with Crippen molar-refractivity contribution in [3.8, 4) is 0 Å².